The fraction of sp³-hybridized carbons (Fsp3) is 0.278. The number of non-ortho nitro benzene ring substituents is 1. The number of anilines is 1. The quantitative estimate of drug-likeness (QED) is 0.514. The second-order valence-corrected chi connectivity index (χ2v) is 6.25. The summed E-state index contributed by atoms with van der Waals surface area (Å²) in [4.78, 5) is 15.1. The van der Waals surface area contributed by atoms with E-state index < -0.39 is 0 Å². The number of hydrogen-bond donors (Lipinski definition) is 1. The normalized spacial score (nSPS) is 24.7. The van der Waals surface area contributed by atoms with Gasteiger partial charge in [-0.15, -0.1) is 0 Å². The fourth-order valence-corrected chi connectivity index (χ4v) is 3.86. The van der Waals surface area contributed by atoms with Gasteiger partial charge in [0.1, 0.15) is 0 Å². The molecule has 5 nitrogen and oxygen atoms in total. The molecule has 0 bridgehead atoms. The summed E-state index contributed by atoms with van der Waals surface area (Å²) in [6, 6.07) is 7.59. The van der Waals surface area contributed by atoms with E-state index in [1.807, 2.05) is 19.2 Å². The molecule has 1 aromatic heterocycles. The molecular weight excluding hydrogens is 290 g/mol. The van der Waals surface area contributed by atoms with E-state index >= 15 is 0 Å². The lowest BCUT2D eigenvalue weighted by atomic mass is 9.76. The second-order valence-electron chi connectivity index (χ2n) is 6.25. The largest absolute Gasteiger partial charge is 0.377 e. The van der Waals surface area contributed by atoms with Gasteiger partial charge in [0.25, 0.3) is 5.69 Å². The van der Waals surface area contributed by atoms with Gasteiger partial charge >= 0.3 is 0 Å². The van der Waals surface area contributed by atoms with E-state index in [1.165, 1.54) is 0 Å². The molecule has 0 amide bonds. The van der Waals surface area contributed by atoms with Crippen LogP contribution in [0.3, 0.4) is 0 Å². The maximum atomic E-state index is 11.2. The predicted octanol–water partition coefficient (Wildman–Crippen LogP) is 4.12. The van der Waals surface area contributed by atoms with Gasteiger partial charge < -0.3 is 5.32 Å². The lowest BCUT2D eigenvalue weighted by Gasteiger charge is -2.38. The zero-order valence-electron chi connectivity index (χ0n) is 12.8. The minimum Gasteiger partial charge on any atom is -0.377 e. The number of benzene rings is 1. The molecule has 1 aliphatic heterocycles. The van der Waals surface area contributed by atoms with Crippen molar-refractivity contribution in [3.05, 3.63) is 75.6 Å². The van der Waals surface area contributed by atoms with Crippen LogP contribution in [0.25, 0.3) is 0 Å². The van der Waals surface area contributed by atoms with Crippen molar-refractivity contribution < 1.29 is 4.92 Å². The molecule has 1 N–H and O–H groups in total. The van der Waals surface area contributed by atoms with E-state index in [0.717, 1.165) is 28.8 Å². The highest BCUT2D eigenvalue weighted by molar-refractivity contribution is 5.67. The van der Waals surface area contributed by atoms with Crippen LogP contribution in [0.4, 0.5) is 11.4 Å². The first-order valence-electron chi connectivity index (χ1n) is 7.77. The Kier molecular flexibility index (Phi) is 3.15. The van der Waals surface area contributed by atoms with E-state index in [2.05, 4.69) is 28.5 Å². The number of aromatic nitrogens is 1. The zero-order valence-corrected chi connectivity index (χ0v) is 12.8. The monoisotopic (exact) mass is 307 g/mol. The van der Waals surface area contributed by atoms with Crippen LogP contribution < -0.4 is 5.32 Å². The highest BCUT2D eigenvalue weighted by atomic mass is 16.6. The smallest absolute Gasteiger partial charge is 0.270 e. The molecule has 23 heavy (non-hydrogen) atoms. The molecule has 0 saturated heterocycles. The summed E-state index contributed by atoms with van der Waals surface area (Å²) in [6.45, 7) is 1.93. The van der Waals surface area contributed by atoms with Gasteiger partial charge in [0.2, 0.25) is 0 Å². The van der Waals surface area contributed by atoms with E-state index in [9.17, 15) is 10.1 Å². The molecule has 0 saturated carbocycles. The Bertz CT molecular complexity index is 801. The van der Waals surface area contributed by atoms with Crippen molar-refractivity contribution in [2.45, 2.75) is 25.3 Å². The molecule has 0 fully saturated rings. The van der Waals surface area contributed by atoms with Crippen LogP contribution in [0, 0.1) is 23.0 Å². The van der Waals surface area contributed by atoms with Crippen LogP contribution in [-0.4, -0.2) is 9.91 Å². The summed E-state index contributed by atoms with van der Waals surface area (Å²) >= 11 is 0. The number of allylic oxidation sites excluding steroid dienone is 2. The third kappa shape index (κ3) is 2.20. The zero-order chi connectivity index (χ0) is 16.0. The Morgan fingerprint density at radius 2 is 2.26 bits per heavy atom. The van der Waals surface area contributed by atoms with Crippen molar-refractivity contribution in [1.82, 2.24) is 4.98 Å². The molecule has 2 aliphatic rings. The van der Waals surface area contributed by atoms with E-state index in [1.54, 1.807) is 18.3 Å². The minimum atomic E-state index is -0.311. The number of nitro benzene ring substituents is 1. The Morgan fingerprint density at radius 1 is 1.39 bits per heavy atom. The minimum absolute atomic E-state index is 0.168. The van der Waals surface area contributed by atoms with Gasteiger partial charge in [0.15, 0.2) is 0 Å². The van der Waals surface area contributed by atoms with Crippen LogP contribution in [0.1, 0.15) is 35.1 Å². The van der Waals surface area contributed by atoms with Gasteiger partial charge in [-0.1, -0.05) is 18.2 Å². The highest BCUT2D eigenvalue weighted by Gasteiger charge is 2.39. The van der Waals surface area contributed by atoms with Gasteiger partial charge in [-0.2, -0.15) is 0 Å². The standard InChI is InChI=1S/C18H17N3O2/c1-11-8-13(21(22)23)9-16-14-5-2-6-15(14)18(20-17(11)16)12-4-3-7-19-10-12/h2-5,7-10,14-15,18,20H,6H2,1H3/t14-,15-,18+/m0/s1. The lowest BCUT2D eigenvalue weighted by molar-refractivity contribution is -0.385. The third-order valence-electron chi connectivity index (χ3n) is 4.91. The molecule has 116 valence electrons. The number of fused-ring (bicyclic) bond motifs is 3. The van der Waals surface area contributed by atoms with Crippen molar-refractivity contribution in [3.63, 3.8) is 0 Å². The number of nitro groups is 1. The highest BCUT2D eigenvalue weighted by Crippen LogP contribution is 2.51. The molecule has 0 radical (unpaired) electrons. The summed E-state index contributed by atoms with van der Waals surface area (Å²) in [5, 5.41) is 14.8. The van der Waals surface area contributed by atoms with Gasteiger partial charge in [0.05, 0.1) is 11.0 Å². The predicted molar refractivity (Wildman–Crippen MR) is 88.4 cm³/mol. The number of rotatable bonds is 2. The second kappa shape index (κ2) is 5.19. The number of nitrogens with one attached hydrogen (secondary N) is 1. The molecule has 2 heterocycles. The van der Waals surface area contributed by atoms with E-state index in [4.69, 9.17) is 0 Å². The molecule has 2 aromatic rings. The first-order chi connectivity index (χ1) is 11.1. The van der Waals surface area contributed by atoms with Crippen LogP contribution in [0.5, 0.6) is 0 Å². The summed E-state index contributed by atoms with van der Waals surface area (Å²) in [7, 11) is 0. The Hall–Kier alpha value is -2.69. The van der Waals surface area contributed by atoms with Gasteiger partial charge in [-0.3, -0.25) is 15.1 Å². The van der Waals surface area contributed by atoms with Crippen LogP contribution in [0.2, 0.25) is 0 Å². The summed E-state index contributed by atoms with van der Waals surface area (Å²) in [5.41, 5.74) is 4.31. The Morgan fingerprint density at radius 3 is 3.00 bits per heavy atom. The molecule has 1 aliphatic carbocycles. The van der Waals surface area contributed by atoms with Gasteiger partial charge in [-0.05, 0) is 42.0 Å². The number of hydrogen-bond acceptors (Lipinski definition) is 4. The first kappa shape index (κ1) is 13.9. The summed E-state index contributed by atoms with van der Waals surface area (Å²) in [6.07, 6.45) is 9.02. The molecular formula is C18H17N3O2. The number of nitrogens with zero attached hydrogens (tertiary/aromatic N) is 2. The topological polar surface area (TPSA) is 68.1 Å². The van der Waals surface area contributed by atoms with Crippen molar-refractivity contribution >= 4 is 11.4 Å². The molecule has 3 atom stereocenters. The average molecular weight is 307 g/mol. The molecule has 5 heteroatoms. The van der Waals surface area contributed by atoms with E-state index in [-0.39, 0.29) is 22.6 Å². The molecule has 0 unspecified atom stereocenters. The van der Waals surface area contributed by atoms with Gasteiger partial charge in [0, 0.05) is 36.1 Å². The summed E-state index contributed by atoms with van der Waals surface area (Å²) in [5.74, 6) is 0.586. The van der Waals surface area contributed by atoms with Crippen LogP contribution in [0.15, 0.2) is 48.8 Å². The maximum Gasteiger partial charge on any atom is 0.270 e. The molecule has 4 rings (SSSR count). The van der Waals surface area contributed by atoms with Crippen molar-refractivity contribution in [3.8, 4) is 0 Å². The average Bonchev–Trinajstić information content (AvgIpc) is 3.04. The molecule has 0 spiro atoms. The fourth-order valence-electron chi connectivity index (χ4n) is 3.86. The maximum absolute atomic E-state index is 11.2. The Labute approximate surface area is 134 Å². The van der Waals surface area contributed by atoms with Gasteiger partial charge in [-0.25, -0.2) is 0 Å². The lowest BCUT2D eigenvalue weighted by Crippen LogP contribution is -2.29. The number of pyridine rings is 1. The SMILES string of the molecule is Cc1cc([N+](=O)[O-])cc2c1N[C@H](c1cccnc1)[C@H]1CC=C[C@H]21. The first-order valence-corrected chi connectivity index (χ1v) is 7.77. The van der Waals surface area contributed by atoms with Crippen molar-refractivity contribution in [1.29, 1.82) is 0 Å². The third-order valence-corrected chi connectivity index (χ3v) is 4.91. The van der Waals surface area contributed by atoms with Crippen LogP contribution >= 0.6 is 0 Å². The van der Waals surface area contributed by atoms with Crippen LogP contribution in [-0.2, 0) is 0 Å². The van der Waals surface area contributed by atoms with Crippen molar-refractivity contribution in [2.75, 3.05) is 5.32 Å². The number of aryl methyl sites for hydroxylation is 1. The molecule has 1 aromatic carbocycles. The Balaban J connectivity index is 1.84. The van der Waals surface area contributed by atoms with E-state index in [0.29, 0.717) is 5.92 Å². The van der Waals surface area contributed by atoms with Crippen molar-refractivity contribution in [2.24, 2.45) is 5.92 Å². The summed E-state index contributed by atoms with van der Waals surface area (Å²) < 4.78 is 0.